The molecule has 0 radical (unpaired) electrons. The molecule has 0 aliphatic heterocycles. The van der Waals surface area contributed by atoms with Gasteiger partial charge in [-0.25, -0.2) is 4.39 Å². The Kier molecular flexibility index (Phi) is 8.90. The van der Waals surface area contributed by atoms with E-state index in [4.69, 9.17) is 0 Å². The zero-order valence-electron chi connectivity index (χ0n) is 20.7. The van der Waals surface area contributed by atoms with Crippen LogP contribution in [0.25, 0.3) is 5.57 Å². The smallest absolute Gasteiger partial charge is 0.253 e. The lowest BCUT2D eigenvalue weighted by Gasteiger charge is -2.13. The van der Waals surface area contributed by atoms with Gasteiger partial charge in [0.05, 0.1) is 5.56 Å². The number of allylic oxidation sites excluding steroid dienone is 2. The largest absolute Gasteiger partial charge is 0.352 e. The molecule has 0 unspecified atom stereocenters. The molecule has 2 aromatic carbocycles. The van der Waals surface area contributed by atoms with Gasteiger partial charge in [0.25, 0.3) is 5.91 Å². The van der Waals surface area contributed by atoms with Crippen molar-refractivity contribution in [3.8, 4) is 0 Å². The Morgan fingerprint density at radius 3 is 2.29 bits per heavy atom. The van der Waals surface area contributed by atoms with Crippen molar-refractivity contribution >= 4 is 17.4 Å². The predicted molar refractivity (Wildman–Crippen MR) is 137 cm³/mol. The monoisotopic (exact) mass is 473 g/mol. The number of nitrogens with one attached hydrogen (secondary N) is 2. The van der Waals surface area contributed by atoms with Crippen molar-refractivity contribution in [2.24, 2.45) is 0 Å². The van der Waals surface area contributed by atoms with Gasteiger partial charge < -0.3 is 10.6 Å². The predicted octanol–water partition coefficient (Wildman–Crippen LogP) is 5.36. The molecule has 0 fully saturated rings. The number of aryl methyl sites for hydroxylation is 1. The van der Waals surface area contributed by atoms with Gasteiger partial charge in [0, 0.05) is 38.0 Å². The van der Waals surface area contributed by atoms with Crippen LogP contribution in [0.2, 0.25) is 0 Å². The topological polar surface area (TPSA) is 71.1 Å². The summed E-state index contributed by atoms with van der Waals surface area (Å²) in [5, 5.41) is 5.60. The third-order valence-corrected chi connectivity index (χ3v) is 5.98. The van der Waals surface area contributed by atoms with Gasteiger partial charge in [0.1, 0.15) is 5.82 Å². The van der Waals surface area contributed by atoms with Gasteiger partial charge >= 0.3 is 0 Å². The number of carbonyl (C=O) groups excluding carboxylic acids is 2. The zero-order valence-corrected chi connectivity index (χ0v) is 20.7. The number of rotatable bonds is 9. The Labute approximate surface area is 206 Å². The van der Waals surface area contributed by atoms with Crippen LogP contribution in [0, 0.1) is 5.82 Å². The van der Waals surface area contributed by atoms with E-state index in [1.165, 1.54) is 13.1 Å². The first-order chi connectivity index (χ1) is 16.8. The number of benzene rings is 2. The number of pyridine rings is 1. The summed E-state index contributed by atoms with van der Waals surface area (Å²) in [4.78, 5) is 28.1. The summed E-state index contributed by atoms with van der Waals surface area (Å²) in [6.45, 7) is 8.04. The van der Waals surface area contributed by atoms with Gasteiger partial charge in [0.2, 0.25) is 5.91 Å². The van der Waals surface area contributed by atoms with E-state index in [0.29, 0.717) is 24.1 Å². The minimum Gasteiger partial charge on any atom is -0.352 e. The molecule has 0 saturated carbocycles. The van der Waals surface area contributed by atoms with Crippen molar-refractivity contribution in [3.05, 3.63) is 106 Å². The number of carbonyl (C=O) groups is 2. The molecule has 2 amide bonds. The molecule has 6 heteroatoms. The Hall–Kier alpha value is -3.80. The molecule has 0 saturated heterocycles. The van der Waals surface area contributed by atoms with Crippen LogP contribution in [0.4, 0.5) is 4.39 Å². The number of hydrogen-bond donors (Lipinski definition) is 2. The van der Waals surface area contributed by atoms with Gasteiger partial charge in [-0.05, 0) is 78.3 Å². The van der Waals surface area contributed by atoms with Crippen LogP contribution in [0.3, 0.4) is 0 Å². The van der Waals surface area contributed by atoms with Crippen molar-refractivity contribution in [1.29, 1.82) is 0 Å². The highest BCUT2D eigenvalue weighted by Crippen LogP contribution is 2.24. The third kappa shape index (κ3) is 7.09. The maximum absolute atomic E-state index is 14.7. The standard InChI is InChI=1S/C29H32FN3O2/c1-5-19(3)27-13-25(28(30)14-24(27)6-2)18-33-29(35)26-12-23(15-31-17-26)11-21-7-9-22(10-8-21)16-32-20(4)34/h5,7-10,12-15,17H,6,11,16,18H2,1-4H3,(H,32,34)(H,33,35)/b19-5-. The summed E-state index contributed by atoms with van der Waals surface area (Å²) in [5.74, 6) is -0.679. The molecule has 182 valence electrons. The average molecular weight is 474 g/mol. The second kappa shape index (κ2) is 12.1. The lowest BCUT2D eigenvalue weighted by atomic mass is 9.96. The molecule has 1 heterocycles. The second-order valence-electron chi connectivity index (χ2n) is 8.59. The Bertz CT molecular complexity index is 1230. The molecule has 0 aliphatic rings. The fraction of sp³-hybridized carbons (Fsp3) is 0.276. The third-order valence-electron chi connectivity index (χ3n) is 5.98. The first-order valence-corrected chi connectivity index (χ1v) is 11.8. The Morgan fingerprint density at radius 1 is 0.914 bits per heavy atom. The highest BCUT2D eigenvalue weighted by Gasteiger charge is 2.13. The maximum Gasteiger partial charge on any atom is 0.253 e. The number of amides is 2. The molecule has 1 aromatic heterocycles. The van der Waals surface area contributed by atoms with Crippen LogP contribution < -0.4 is 10.6 Å². The fourth-order valence-electron chi connectivity index (χ4n) is 3.83. The molecular weight excluding hydrogens is 441 g/mol. The number of hydrogen-bond acceptors (Lipinski definition) is 3. The van der Waals surface area contributed by atoms with E-state index in [0.717, 1.165) is 39.8 Å². The zero-order chi connectivity index (χ0) is 25.4. The first-order valence-electron chi connectivity index (χ1n) is 11.8. The normalized spacial score (nSPS) is 11.3. The Balaban J connectivity index is 1.67. The summed E-state index contributed by atoms with van der Waals surface area (Å²) >= 11 is 0. The lowest BCUT2D eigenvalue weighted by molar-refractivity contribution is -0.119. The molecule has 3 aromatic rings. The first kappa shape index (κ1) is 25.8. The van der Waals surface area contributed by atoms with Crippen LogP contribution in [0.15, 0.2) is 60.9 Å². The van der Waals surface area contributed by atoms with Crippen LogP contribution in [-0.2, 0) is 30.7 Å². The van der Waals surface area contributed by atoms with Crippen LogP contribution in [0.5, 0.6) is 0 Å². The van der Waals surface area contributed by atoms with E-state index in [1.807, 2.05) is 57.2 Å². The summed E-state index contributed by atoms with van der Waals surface area (Å²) in [7, 11) is 0. The van der Waals surface area contributed by atoms with Gasteiger partial charge in [-0.15, -0.1) is 0 Å². The minimum absolute atomic E-state index is 0.0655. The molecular formula is C29H32FN3O2. The van der Waals surface area contributed by atoms with Crippen LogP contribution in [-0.4, -0.2) is 16.8 Å². The lowest BCUT2D eigenvalue weighted by Crippen LogP contribution is -2.24. The van der Waals surface area contributed by atoms with E-state index in [-0.39, 0.29) is 24.2 Å². The minimum atomic E-state index is -0.316. The number of nitrogens with zero attached hydrogens (tertiary/aromatic N) is 1. The molecule has 35 heavy (non-hydrogen) atoms. The summed E-state index contributed by atoms with van der Waals surface area (Å²) < 4.78 is 14.7. The van der Waals surface area contributed by atoms with Gasteiger partial charge in [-0.3, -0.25) is 14.6 Å². The van der Waals surface area contributed by atoms with Crippen LogP contribution in [0.1, 0.15) is 71.4 Å². The SMILES string of the molecule is C/C=C(/C)c1cc(CNC(=O)c2cncc(Cc3ccc(CNC(C)=O)cc3)c2)c(F)cc1CC. The van der Waals surface area contributed by atoms with E-state index in [9.17, 15) is 14.0 Å². The quantitative estimate of drug-likeness (QED) is 0.439. The van der Waals surface area contributed by atoms with E-state index < -0.39 is 0 Å². The van der Waals surface area contributed by atoms with E-state index in [2.05, 4.69) is 15.6 Å². The second-order valence-corrected chi connectivity index (χ2v) is 8.59. The molecule has 0 aliphatic carbocycles. The maximum atomic E-state index is 14.7. The van der Waals surface area contributed by atoms with Crippen molar-refractivity contribution in [1.82, 2.24) is 15.6 Å². The fourth-order valence-corrected chi connectivity index (χ4v) is 3.83. The highest BCUT2D eigenvalue weighted by molar-refractivity contribution is 5.94. The average Bonchev–Trinajstić information content (AvgIpc) is 2.86. The van der Waals surface area contributed by atoms with E-state index in [1.54, 1.807) is 18.3 Å². The molecule has 0 atom stereocenters. The molecule has 2 N–H and O–H groups in total. The van der Waals surface area contributed by atoms with Crippen molar-refractivity contribution in [3.63, 3.8) is 0 Å². The summed E-state index contributed by atoms with van der Waals surface area (Å²) in [5.41, 5.74) is 6.91. The van der Waals surface area contributed by atoms with Crippen LogP contribution >= 0.6 is 0 Å². The van der Waals surface area contributed by atoms with Gasteiger partial charge in [-0.2, -0.15) is 0 Å². The van der Waals surface area contributed by atoms with Gasteiger partial charge in [-0.1, -0.05) is 37.3 Å². The Morgan fingerprint density at radius 2 is 1.63 bits per heavy atom. The van der Waals surface area contributed by atoms with Crippen molar-refractivity contribution in [2.45, 2.75) is 53.6 Å². The van der Waals surface area contributed by atoms with Gasteiger partial charge in [0.15, 0.2) is 0 Å². The van der Waals surface area contributed by atoms with E-state index >= 15 is 0 Å². The highest BCUT2D eigenvalue weighted by atomic mass is 19.1. The molecule has 3 rings (SSSR count). The number of aromatic nitrogens is 1. The number of halogens is 1. The molecule has 5 nitrogen and oxygen atoms in total. The van der Waals surface area contributed by atoms with Crippen molar-refractivity contribution in [2.75, 3.05) is 0 Å². The summed E-state index contributed by atoms with van der Waals surface area (Å²) in [6, 6.07) is 13.1. The molecule has 0 bridgehead atoms. The summed E-state index contributed by atoms with van der Waals surface area (Å²) in [6.07, 6.45) is 6.61. The molecule has 0 spiro atoms. The van der Waals surface area contributed by atoms with Crippen molar-refractivity contribution < 1.29 is 14.0 Å².